The van der Waals surface area contributed by atoms with E-state index in [2.05, 4.69) is 10.3 Å². The summed E-state index contributed by atoms with van der Waals surface area (Å²) in [6.07, 6.45) is 1.88. The minimum Gasteiger partial charge on any atom is -0.355 e. The largest absolute Gasteiger partial charge is 0.355 e. The van der Waals surface area contributed by atoms with E-state index in [1.165, 1.54) is 0 Å². The van der Waals surface area contributed by atoms with Gasteiger partial charge in [-0.1, -0.05) is 23.7 Å². The van der Waals surface area contributed by atoms with Crippen molar-refractivity contribution in [2.75, 3.05) is 13.1 Å². The van der Waals surface area contributed by atoms with Crippen LogP contribution >= 0.6 is 22.9 Å². The number of hydrogen-bond acceptors (Lipinski definition) is 4. The number of benzene rings is 1. The highest BCUT2D eigenvalue weighted by Gasteiger charge is 2.07. The van der Waals surface area contributed by atoms with E-state index >= 15 is 0 Å². The molecule has 112 valence electrons. The molecule has 1 heterocycles. The first-order chi connectivity index (χ1) is 10.2. The Labute approximate surface area is 133 Å². The zero-order valence-electron chi connectivity index (χ0n) is 11.6. The quantitative estimate of drug-likeness (QED) is 0.820. The Morgan fingerprint density at radius 3 is 2.76 bits per heavy atom. The topological polar surface area (TPSA) is 68.0 Å². The highest BCUT2D eigenvalue weighted by atomic mass is 35.5. The molecule has 0 aliphatic carbocycles. The fraction of sp³-hybridized carbons (Fsp3) is 0.333. The lowest BCUT2D eigenvalue weighted by Gasteiger charge is -2.04. The molecular weight excluding hydrogens is 306 g/mol. The van der Waals surface area contributed by atoms with Crippen molar-refractivity contribution in [3.05, 3.63) is 50.9 Å². The molecule has 21 heavy (non-hydrogen) atoms. The Bertz CT molecular complexity index is 583. The summed E-state index contributed by atoms with van der Waals surface area (Å²) in [5.41, 5.74) is 7.44. The second-order valence-corrected chi connectivity index (χ2v) is 6.05. The van der Waals surface area contributed by atoms with Crippen molar-refractivity contribution >= 4 is 28.8 Å². The lowest BCUT2D eigenvalue weighted by Crippen LogP contribution is -2.27. The molecule has 1 amide bonds. The summed E-state index contributed by atoms with van der Waals surface area (Å²) >= 11 is 7.38. The number of carbonyl (C=O) groups excluding carboxylic acids is 1. The van der Waals surface area contributed by atoms with E-state index < -0.39 is 0 Å². The number of hydrogen-bond donors (Lipinski definition) is 2. The van der Waals surface area contributed by atoms with E-state index in [-0.39, 0.29) is 5.91 Å². The minimum absolute atomic E-state index is 0.00596. The number of amides is 1. The molecular formula is C15H18ClN3OS. The number of aromatic nitrogens is 1. The van der Waals surface area contributed by atoms with Crippen LogP contribution in [0, 0.1) is 0 Å². The third kappa shape index (κ3) is 5.46. The molecule has 0 bridgehead atoms. The Hall–Kier alpha value is -1.43. The van der Waals surface area contributed by atoms with Gasteiger partial charge in [-0.15, -0.1) is 11.3 Å². The van der Waals surface area contributed by atoms with Crippen molar-refractivity contribution in [2.24, 2.45) is 5.73 Å². The first-order valence-electron chi connectivity index (χ1n) is 6.82. The van der Waals surface area contributed by atoms with Crippen LogP contribution in [0.4, 0.5) is 0 Å². The molecule has 6 heteroatoms. The van der Waals surface area contributed by atoms with Gasteiger partial charge in [0.2, 0.25) is 5.91 Å². The molecule has 2 rings (SSSR count). The van der Waals surface area contributed by atoms with Crippen LogP contribution in [0.25, 0.3) is 0 Å². The number of carbonyl (C=O) groups is 1. The molecule has 0 unspecified atom stereocenters. The van der Waals surface area contributed by atoms with Crippen molar-refractivity contribution in [1.29, 1.82) is 0 Å². The summed E-state index contributed by atoms with van der Waals surface area (Å²) in [5.74, 6) is -0.00596. The highest BCUT2D eigenvalue weighted by molar-refractivity contribution is 7.09. The average Bonchev–Trinajstić information content (AvgIpc) is 2.89. The van der Waals surface area contributed by atoms with E-state index in [9.17, 15) is 4.79 Å². The van der Waals surface area contributed by atoms with Gasteiger partial charge in [0.15, 0.2) is 0 Å². The molecule has 1 aromatic carbocycles. The second-order valence-electron chi connectivity index (χ2n) is 4.67. The van der Waals surface area contributed by atoms with E-state index in [1.54, 1.807) is 11.3 Å². The Kier molecular flexibility index (Phi) is 6.17. The highest BCUT2D eigenvalue weighted by Crippen LogP contribution is 2.11. The van der Waals surface area contributed by atoms with E-state index in [1.807, 2.05) is 29.6 Å². The summed E-state index contributed by atoms with van der Waals surface area (Å²) in [7, 11) is 0. The van der Waals surface area contributed by atoms with Crippen molar-refractivity contribution in [1.82, 2.24) is 10.3 Å². The molecule has 0 fully saturated rings. The molecule has 0 saturated carbocycles. The van der Waals surface area contributed by atoms with Gasteiger partial charge < -0.3 is 11.1 Å². The van der Waals surface area contributed by atoms with Crippen LogP contribution in [0.2, 0.25) is 5.02 Å². The zero-order chi connectivity index (χ0) is 15.1. The van der Waals surface area contributed by atoms with Crippen LogP contribution in [0.5, 0.6) is 0 Å². The second kappa shape index (κ2) is 8.12. The molecule has 0 saturated heterocycles. The number of thiazole rings is 1. The van der Waals surface area contributed by atoms with Gasteiger partial charge in [0.1, 0.15) is 0 Å². The van der Waals surface area contributed by atoms with Gasteiger partial charge in [-0.3, -0.25) is 4.79 Å². The monoisotopic (exact) mass is 323 g/mol. The van der Waals surface area contributed by atoms with Gasteiger partial charge in [0.05, 0.1) is 17.1 Å². The Morgan fingerprint density at radius 1 is 1.29 bits per heavy atom. The molecule has 0 aliphatic heterocycles. The van der Waals surface area contributed by atoms with Crippen LogP contribution in [0.15, 0.2) is 29.6 Å². The summed E-state index contributed by atoms with van der Waals surface area (Å²) in [6, 6.07) is 7.64. The Balaban J connectivity index is 1.72. The predicted molar refractivity (Wildman–Crippen MR) is 86.7 cm³/mol. The first kappa shape index (κ1) is 15.9. The lowest BCUT2D eigenvalue weighted by atomic mass is 10.1. The summed E-state index contributed by atoms with van der Waals surface area (Å²) < 4.78 is 0. The fourth-order valence-electron chi connectivity index (χ4n) is 1.89. The van der Waals surface area contributed by atoms with E-state index in [0.717, 1.165) is 34.1 Å². The first-order valence-corrected chi connectivity index (χ1v) is 8.07. The molecule has 4 nitrogen and oxygen atoms in total. The maximum atomic E-state index is 11.8. The van der Waals surface area contributed by atoms with Crippen molar-refractivity contribution in [3.63, 3.8) is 0 Å². The lowest BCUT2D eigenvalue weighted by molar-refractivity contribution is -0.120. The number of rotatable bonds is 7. The van der Waals surface area contributed by atoms with Crippen LogP contribution in [-0.4, -0.2) is 24.0 Å². The number of halogens is 1. The molecule has 0 spiro atoms. The van der Waals surface area contributed by atoms with Crippen LogP contribution in [-0.2, 0) is 24.1 Å². The van der Waals surface area contributed by atoms with Crippen LogP contribution < -0.4 is 11.1 Å². The van der Waals surface area contributed by atoms with Crippen molar-refractivity contribution < 1.29 is 4.79 Å². The predicted octanol–water partition coefficient (Wildman–Crippen LogP) is 2.20. The van der Waals surface area contributed by atoms with Crippen molar-refractivity contribution in [2.45, 2.75) is 19.3 Å². The maximum absolute atomic E-state index is 11.8. The zero-order valence-corrected chi connectivity index (χ0v) is 13.2. The average molecular weight is 324 g/mol. The number of nitrogens with zero attached hydrogens (tertiary/aromatic N) is 1. The fourth-order valence-corrected chi connectivity index (χ4v) is 2.83. The van der Waals surface area contributed by atoms with Gasteiger partial charge >= 0.3 is 0 Å². The van der Waals surface area contributed by atoms with E-state index in [0.29, 0.717) is 19.5 Å². The molecule has 0 aliphatic rings. The summed E-state index contributed by atoms with van der Waals surface area (Å²) in [4.78, 5) is 16.2. The number of nitrogens with one attached hydrogen (secondary N) is 1. The molecule has 0 radical (unpaired) electrons. The van der Waals surface area contributed by atoms with Crippen LogP contribution in [0.3, 0.4) is 0 Å². The Morgan fingerprint density at radius 2 is 2.05 bits per heavy atom. The summed E-state index contributed by atoms with van der Waals surface area (Å²) in [5, 5.41) is 6.53. The van der Waals surface area contributed by atoms with Gasteiger partial charge in [0, 0.05) is 23.4 Å². The SMILES string of the molecule is NCCc1nc(CC(=O)NCCc2ccc(Cl)cc2)cs1. The van der Waals surface area contributed by atoms with Crippen LogP contribution in [0.1, 0.15) is 16.3 Å². The van der Waals surface area contributed by atoms with Gasteiger partial charge in [-0.05, 0) is 30.7 Å². The van der Waals surface area contributed by atoms with Gasteiger partial charge in [0.25, 0.3) is 0 Å². The third-order valence-corrected chi connectivity index (χ3v) is 4.16. The third-order valence-electron chi connectivity index (χ3n) is 2.95. The van der Waals surface area contributed by atoms with Crippen molar-refractivity contribution in [3.8, 4) is 0 Å². The standard InChI is InChI=1S/C15H18ClN3OS/c16-12-3-1-11(2-4-12)6-8-18-14(20)9-13-10-21-15(19-13)5-7-17/h1-4,10H,5-9,17H2,(H,18,20). The molecule has 3 N–H and O–H groups in total. The normalized spacial score (nSPS) is 10.6. The minimum atomic E-state index is -0.00596. The smallest absolute Gasteiger partial charge is 0.226 e. The number of nitrogens with two attached hydrogens (primary N) is 1. The van der Waals surface area contributed by atoms with Gasteiger partial charge in [-0.2, -0.15) is 0 Å². The maximum Gasteiger partial charge on any atom is 0.226 e. The molecule has 1 aromatic heterocycles. The molecule has 2 aromatic rings. The molecule has 0 atom stereocenters. The summed E-state index contributed by atoms with van der Waals surface area (Å²) in [6.45, 7) is 1.19. The van der Waals surface area contributed by atoms with E-state index in [4.69, 9.17) is 17.3 Å². The van der Waals surface area contributed by atoms with Gasteiger partial charge in [-0.25, -0.2) is 4.98 Å².